The first-order chi connectivity index (χ1) is 11.5. The molecule has 2 heterocycles. The second kappa shape index (κ2) is 9.46. The average Bonchev–Trinajstić information content (AvgIpc) is 3.15. The van der Waals surface area contributed by atoms with Gasteiger partial charge in [0.15, 0.2) is 0 Å². The fourth-order valence-corrected chi connectivity index (χ4v) is 3.58. The van der Waals surface area contributed by atoms with E-state index in [9.17, 15) is 4.79 Å². The topological polar surface area (TPSA) is 62.2 Å². The Kier molecular flexibility index (Phi) is 8.21. The lowest BCUT2D eigenvalue weighted by Gasteiger charge is -2.22. The summed E-state index contributed by atoms with van der Waals surface area (Å²) in [7, 11) is 5.70. The van der Waals surface area contributed by atoms with E-state index >= 15 is 0 Å². The molecule has 1 aliphatic rings. The number of aromatic nitrogens is 2. The van der Waals surface area contributed by atoms with Crippen molar-refractivity contribution >= 4 is 53.7 Å². The minimum Gasteiger partial charge on any atom is -0.375 e. The van der Waals surface area contributed by atoms with Crippen LogP contribution in [0.25, 0.3) is 0 Å². The number of anilines is 2. The summed E-state index contributed by atoms with van der Waals surface area (Å²) < 4.78 is 1.77. The number of halogens is 3. The molecule has 1 aromatic carbocycles. The van der Waals surface area contributed by atoms with E-state index in [1.165, 1.54) is 0 Å². The molecule has 2 atom stereocenters. The quantitative estimate of drug-likeness (QED) is 0.798. The Labute approximate surface area is 171 Å². The molecule has 1 saturated heterocycles. The Morgan fingerprint density at radius 2 is 2.08 bits per heavy atom. The van der Waals surface area contributed by atoms with Gasteiger partial charge in [0.1, 0.15) is 0 Å². The van der Waals surface area contributed by atoms with E-state index in [2.05, 4.69) is 15.7 Å². The molecule has 1 aliphatic heterocycles. The highest BCUT2D eigenvalue weighted by molar-refractivity contribution is 6.34. The van der Waals surface area contributed by atoms with Crippen molar-refractivity contribution in [1.82, 2.24) is 15.1 Å². The van der Waals surface area contributed by atoms with Gasteiger partial charge in [-0.25, -0.2) is 0 Å². The first kappa shape index (κ1) is 22.6. The van der Waals surface area contributed by atoms with Crippen LogP contribution in [0.15, 0.2) is 30.6 Å². The third-order valence-electron chi connectivity index (χ3n) is 4.40. The molecule has 26 heavy (non-hydrogen) atoms. The molecule has 9 heteroatoms. The molecule has 6 nitrogen and oxygen atoms in total. The number of nitrogens with one attached hydrogen (secondary N) is 2. The van der Waals surface area contributed by atoms with Crippen molar-refractivity contribution in [2.45, 2.75) is 5.92 Å². The predicted molar refractivity (Wildman–Crippen MR) is 111 cm³/mol. The van der Waals surface area contributed by atoms with Crippen molar-refractivity contribution in [2.24, 2.45) is 13.0 Å². The molecular weight excluding hydrogens is 397 g/mol. The number of benzene rings is 1. The van der Waals surface area contributed by atoms with Crippen LogP contribution < -0.4 is 15.5 Å². The number of amides is 1. The molecule has 0 spiro atoms. The smallest absolute Gasteiger partial charge is 0.229 e. The standard InChI is InChI=1S/C17H22ClN5O.2ClH/c1-22(2)16-14(18)5-4-6-15(16)21-17(24)13-9-19-8-12(13)11-7-20-23(3)10-11;;/h4-7,10,12-13,19H,8-9H2,1-3H3,(H,21,24);2*1H/t12-,13+;;/m1../s1. The zero-order chi connectivity index (χ0) is 17.3. The van der Waals surface area contributed by atoms with Crippen molar-refractivity contribution in [3.8, 4) is 0 Å². The van der Waals surface area contributed by atoms with Gasteiger partial charge in [0, 0.05) is 46.3 Å². The molecule has 0 aliphatic carbocycles. The molecule has 2 aromatic rings. The highest BCUT2D eigenvalue weighted by Gasteiger charge is 2.35. The van der Waals surface area contributed by atoms with E-state index < -0.39 is 0 Å². The summed E-state index contributed by atoms with van der Waals surface area (Å²) in [4.78, 5) is 14.8. The van der Waals surface area contributed by atoms with Gasteiger partial charge in [-0.2, -0.15) is 5.10 Å². The van der Waals surface area contributed by atoms with E-state index in [-0.39, 0.29) is 42.6 Å². The molecule has 2 N–H and O–H groups in total. The molecule has 0 unspecified atom stereocenters. The van der Waals surface area contributed by atoms with Gasteiger partial charge in [-0.15, -0.1) is 24.8 Å². The molecule has 144 valence electrons. The maximum Gasteiger partial charge on any atom is 0.229 e. The molecule has 1 fully saturated rings. The minimum atomic E-state index is -0.136. The number of carbonyl (C=O) groups excluding carboxylic acids is 1. The number of hydrogen-bond donors (Lipinski definition) is 2. The first-order valence-corrected chi connectivity index (χ1v) is 8.31. The third-order valence-corrected chi connectivity index (χ3v) is 4.70. The zero-order valence-electron chi connectivity index (χ0n) is 14.9. The van der Waals surface area contributed by atoms with Crippen molar-refractivity contribution in [1.29, 1.82) is 0 Å². The van der Waals surface area contributed by atoms with E-state index in [0.717, 1.165) is 23.5 Å². The van der Waals surface area contributed by atoms with E-state index in [1.807, 2.05) is 56.6 Å². The number of para-hydroxylation sites is 1. The summed E-state index contributed by atoms with van der Waals surface area (Å²) in [5.74, 6) is -0.0110. The summed E-state index contributed by atoms with van der Waals surface area (Å²) in [6.07, 6.45) is 3.81. The molecule has 0 radical (unpaired) electrons. The lowest BCUT2D eigenvalue weighted by Crippen LogP contribution is -2.28. The Morgan fingerprint density at radius 3 is 2.69 bits per heavy atom. The fourth-order valence-electron chi connectivity index (χ4n) is 3.23. The first-order valence-electron chi connectivity index (χ1n) is 7.93. The largest absolute Gasteiger partial charge is 0.375 e. The number of rotatable bonds is 4. The van der Waals surface area contributed by atoms with Crippen molar-refractivity contribution in [2.75, 3.05) is 37.4 Å². The van der Waals surface area contributed by atoms with Gasteiger partial charge in [0.25, 0.3) is 0 Å². The Morgan fingerprint density at radius 1 is 1.35 bits per heavy atom. The zero-order valence-corrected chi connectivity index (χ0v) is 17.3. The van der Waals surface area contributed by atoms with Gasteiger partial charge in [-0.1, -0.05) is 17.7 Å². The Hall–Kier alpha value is -1.47. The average molecular weight is 421 g/mol. The number of nitrogens with zero attached hydrogens (tertiary/aromatic N) is 3. The highest BCUT2D eigenvalue weighted by atomic mass is 35.5. The number of aryl methyl sites for hydroxylation is 1. The van der Waals surface area contributed by atoms with Gasteiger partial charge in [0.2, 0.25) is 5.91 Å². The van der Waals surface area contributed by atoms with E-state index in [4.69, 9.17) is 11.6 Å². The van der Waals surface area contributed by atoms with E-state index in [0.29, 0.717) is 11.6 Å². The normalized spacial score (nSPS) is 18.6. The van der Waals surface area contributed by atoms with Crippen molar-refractivity contribution in [3.05, 3.63) is 41.2 Å². The van der Waals surface area contributed by atoms with Crippen LogP contribution in [0.2, 0.25) is 5.02 Å². The molecule has 0 saturated carbocycles. The molecule has 0 bridgehead atoms. The summed E-state index contributed by atoms with van der Waals surface area (Å²) in [5, 5.41) is 11.2. The van der Waals surface area contributed by atoms with Gasteiger partial charge >= 0.3 is 0 Å². The monoisotopic (exact) mass is 419 g/mol. The number of carbonyl (C=O) groups is 1. The lowest BCUT2D eigenvalue weighted by atomic mass is 9.90. The van der Waals surface area contributed by atoms with Crippen LogP contribution in [0, 0.1) is 5.92 Å². The maximum absolute atomic E-state index is 12.9. The van der Waals surface area contributed by atoms with Crippen molar-refractivity contribution < 1.29 is 4.79 Å². The van der Waals surface area contributed by atoms with E-state index in [1.54, 1.807) is 4.68 Å². The van der Waals surface area contributed by atoms with Gasteiger partial charge in [0.05, 0.1) is 28.5 Å². The SMILES string of the molecule is CN(C)c1c(Cl)cccc1NC(=O)[C@H]1CNC[C@@H]1c1cnn(C)c1.Cl.Cl. The van der Waals surface area contributed by atoms with Gasteiger partial charge in [-0.05, 0) is 17.7 Å². The van der Waals surface area contributed by atoms with Gasteiger partial charge in [-0.3, -0.25) is 9.48 Å². The van der Waals surface area contributed by atoms with Crippen LogP contribution in [0.3, 0.4) is 0 Å². The predicted octanol–water partition coefficient (Wildman–Crippen LogP) is 2.92. The maximum atomic E-state index is 12.9. The lowest BCUT2D eigenvalue weighted by molar-refractivity contribution is -0.119. The Bertz CT molecular complexity index is 750. The van der Waals surface area contributed by atoms with Crippen LogP contribution in [-0.2, 0) is 11.8 Å². The molecule has 3 rings (SSSR count). The third kappa shape index (κ3) is 4.62. The molecular formula is C17H24Cl3N5O. The van der Waals surface area contributed by atoms with Gasteiger partial charge < -0.3 is 15.5 Å². The summed E-state index contributed by atoms with van der Waals surface area (Å²) in [5.41, 5.74) is 2.63. The second-order valence-corrected chi connectivity index (χ2v) is 6.75. The van der Waals surface area contributed by atoms with Crippen LogP contribution in [0.4, 0.5) is 11.4 Å². The van der Waals surface area contributed by atoms with Crippen LogP contribution in [-0.4, -0.2) is 42.9 Å². The molecule has 1 aromatic heterocycles. The van der Waals surface area contributed by atoms with Crippen LogP contribution >= 0.6 is 36.4 Å². The highest BCUT2D eigenvalue weighted by Crippen LogP contribution is 2.34. The van der Waals surface area contributed by atoms with Crippen molar-refractivity contribution in [3.63, 3.8) is 0 Å². The summed E-state index contributed by atoms with van der Waals surface area (Å²) in [6, 6.07) is 5.54. The molecule has 1 amide bonds. The fraction of sp³-hybridized carbons (Fsp3) is 0.412. The van der Waals surface area contributed by atoms with Crippen LogP contribution in [0.5, 0.6) is 0 Å². The second-order valence-electron chi connectivity index (χ2n) is 6.34. The minimum absolute atomic E-state index is 0. The summed E-state index contributed by atoms with van der Waals surface area (Å²) in [6.45, 7) is 1.43. The Balaban J connectivity index is 0.00000169. The van der Waals surface area contributed by atoms with Crippen LogP contribution in [0.1, 0.15) is 11.5 Å². The summed E-state index contributed by atoms with van der Waals surface area (Å²) >= 11 is 6.28. The number of hydrogen-bond acceptors (Lipinski definition) is 4.